The van der Waals surface area contributed by atoms with Crippen LogP contribution in [0.25, 0.3) is 49.0 Å². The minimum atomic E-state index is -3.11. The second kappa shape index (κ2) is 8.13. The van der Waals surface area contributed by atoms with Crippen LogP contribution in [-0.4, -0.2) is 36.5 Å². The smallest absolute Gasteiger partial charge is 0.273 e. The summed E-state index contributed by atoms with van der Waals surface area (Å²) in [6, 6.07) is 14.3. The monoisotopic (exact) mass is 458 g/mol. The lowest BCUT2D eigenvalue weighted by Crippen LogP contribution is -2.18. The Morgan fingerprint density at radius 2 is 1.88 bits per heavy atom. The summed E-state index contributed by atoms with van der Waals surface area (Å²) in [4.78, 5) is 20.4. The number of hydrogen-bond donors (Lipinski definition) is 2. The number of benzene rings is 2. The van der Waals surface area contributed by atoms with Gasteiger partial charge in [0.2, 0.25) is 5.69 Å². The predicted octanol–water partition coefficient (Wildman–Crippen LogP) is 4.39. The number of nitrogens with one attached hydrogen (secondary N) is 1. The van der Waals surface area contributed by atoms with Gasteiger partial charge in [0.25, 0.3) is 12.0 Å². The number of aliphatic hydroxyl groups is 1. The highest BCUT2D eigenvalue weighted by Gasteiger charge is 2.26. The van der Waals surface area contributed by atoms with Gasteiger partial charge < -0.3 is 5.11 Å². The first-order valence-electron chi connectivity index (χ1n) is 10.2. The molecular formula is C24H16F2N6O2. The van der Waals surface area contributed by atoms with E-state index in [9.17, 15) is 18.7 Å². The van der Waals surface area contributed by atoms with Gasteiger partial charge in [-0.25, -0.2) is 23.7 Å². The fraction of sp³-hybridized carbons (Fsp3) is 0.125. The van der Waals surface area contributed by atoms with Crippen LogP contribution in [0, 0.1) is 6.57 Å². The Hall–Kier alpha value is -4.49. The van der Waals surface area contributed by atoms with Crippen molar-refractivity contribution in [3.63, 3.8) is 0 Å². The molecule has 3 heterocycles. The van der Waals surface area contributed by atoms with E-state index in [4.69, 9.17) is 6.57 Å². The first-order valence-corrected chi connectivity index (χ1v) is 10.2. The number of halogens is 2. The maximum atomic E-state index is 13.2. The third kappa shape index (κ3) is 3.30. The van der Waals surface area contributed by atoms with Crippen molar-refractivity contribution in [2.75, 3.05) is 0 Å². The van der Waals surface area contributed by atoms with E-state index in [1.54, 1.807) is 24.0 Å². The maximum absolute atomic E-state index is 13.2. The van der Waals surface area contributed by atoms with Crippen molar-refractivity contribution in [2.24, 2.45) is 7.05 Å². The lowest BCUT2D eigenvalue weighted by Gasteiger charge is -2.13. The first kappa shape index (κ1) is 21.4. The molecule has 8 nitrogen and oxygen atoms in total. The fourth-order valence-electron chi connectivity index (χ4n) is 4.05. The largest absolute Gasteiger partial charge is 0.381 e. The summed E-state index contributed by atoms with van der Waals surface area (Å²) in [6.45, 7) is 7.80. The van der Waals surface area contributed by atoms with Gasteiger partial charge in [-0.15, -0.1) is 0 Å². The summed E-state index contributed by atoms with van der Waals surface area (Å²) in [5.41, 5.74) is 1.35. The zero-order valence-electron chi connectivity index (χ0n) is 17.7. The van der Waals surface area contributed by atoms with Gasteiger partial charge in [-0.3, -0.25) is 9.48 Å². The normalized spacial score (nSPS) is 12.4. The van der Waals surface area contributed by atoms with Crippen molar-refractivity contribution < 1.29 is 13.9 Å². The Morgan fingerprint density at radius 3 is 2.65 bits per heavy atom. The lowest BCUT2D eigenvalue weighted by molar-refractivity contribution is -0.00788. The Kier molecular flexibility index (Phi) is 5.11. The quantitative estimate of drug-likeness (QED) is 0.389. The number of aliphatic hydroxyl groups excluding tert-OH is 1. The summed E-state index contributed by atoms with van der Waals surface area (Å²) in [5.74, 6) is 0. The number of rotatable bonds is 4. The van der Waals surface area contributed by atoms with Crippen molar-refractivity contribution in [3.8, 4) is 22.5 Å². The highest BCUT2D eigenvalue weighted by Crippen LogP contribution is 2.41. The van der Waals surface area contributed by atoms with Gasteiger partial charge in [0.15, 0.2) is 6.10 Å². The zero-order valence-corrected chi connectivity index (χ0v) is 17.7. The lowest BCUT2D eigenvalue weighted by atomic mass is 9.98. The maximum Gasteiger partial charge on any atom is 0.273 e. The van der Waals surface area contributed by atoms with Gasteiger partial charge in [-0.2, -0.15) is 10.2 Å². The predicted molar refractivity (Wildman–Crippen MR) is 123 cm³/mol. The van der Waals surface area contributed by atoms with Crippen molar-refractivity contribution in [1.82, 2.24) is 25.0 Å². The molecule has 5 aromatic rings. The van der Waals surface area contributed by atoms with Crippen molar-refractivity contribution >= 4 is 27.4 Å². The number of fused-ring (bicyclic) bond motifs is 2. The molecule has 168 valence electrons. The third-order valence-corrected chi connectivity index (χ3v) is 5.66. The standard InChI is InChI=1S/C24H16F2N6O2/c1-27-18-13-6-4-3-5-12(13)7-8-14(18)21-16(11-28-32(21)2)17-10-9-15-19(29-17)20(22(33)23(25)26)30-31-24(15)34/h3-11,22-23,33H,2H3,(H,31,34). The number of aromatic amines is 1. The molecule has 2 N–H and O–H groups in total. The summed E-state index contributed by atoms with van der Waals surface area (Å²) < 4.78 is 28.0. The molecule has 0 amide bonds. The molecule has 0 saturated carbocycles. The summed E-state index contributed by atoms with van der Waals surface area (Å²) in [5, 5.41) is 21.7. The average molecular weight is 458 g/mol. The van der Waals surface area contributed by atoms with E-state index in [1.165, 1.54) is 6.07 Å². The highest BCUT2D eigenvalue weighted by atomic mass is 19.3. The molecule has 34 heavy (non-hydrogen) atoms. The van der Waals surface area contributed by atoms with Gasteiger partial charge in [0, 0.05) is 18.2 Å². The molecule has 2 aromatic carbocycles. The number of H-pyrrole nitrogens is 1. The van der Waals surface area contributed by atoms with E-state index in [0.29, 0.717) is 28.2 Å². The molecule has 1 unspecified atom stereocenters. The average Bonchev–Trinajstić information content (AvgIpc) is 3.23. The Balaban J connectivity index is 1.77. The van der Waals surface area contributed by atoms with Gasteiger partial charge in [0.05, 0.1) is 29.5 Å². The molecule has 5 rings (SSSR count). The van der Waals surface area contributed by atoms with Crippen LogP contribution in [0.5, 0.6) is 0 Å². The summed E-state index contributed by atoms with van der Waals surface area (Å²) in [6.07, 6.45) is -3.78. The molecule has 0 fully saturated rings. The molecule has 0 spiro atoms. The Labute approximate surface area is 190 Å². The molecule has 3 aromatic heterocycles. The van der Waals surface area contributed by atoms with Crippen molar-refractivity contribution in [3.05, 3.63) is 82.2 Å². The number of pyridine rings is 1. The van der Waals surface area contributed by atoms with Crippen LogP contribution in [0.1, 0.15) is 11.8 Å². The number of hydrogen-bond acceptors (Lipinski definition) is 5. The second-order valence-corrected chi connectivity index (χ2v) is 7.64. The van der Waals surface area contributed by atoms with E-state index >= 15 is 0 Å². The van der Waals surface area contributed by atoms with Gasteiger partial charge >= 0.3 is 0 Å². The second-order valence-electron chi connectivity index (χ2n) is 7.64. The molecular weight excluding hydrogens is 442 g/mol. The number of aryl methyl sites for hydroxylation is 1. The van der Waals surface area contributed by atoms with Crippen LogP contribution in [0.2, 0.25) is 0 Å². The zero-order chi connectivity index (χ0) is 24.0. The van der Waals surface area contributed by atoms with E-state index in [-0.39, 0.29) is 10.9 Å². The molecule has 0 aliphatic heterocycles. The molecule has 10 heteroatoms. The summed E-state index contributed by atoms with van der Waals surface area (Å²) >= 11 is 0. The van der Waals surface area contributed by atoms with Crippen LogP contribution in [0.3, 0.4) is 0 Å². The Morgan fingerprint density at radius 1 is 1.09 bits per heavy atom. The van der Waals surface area contributed by atoms with E-state index in [1.807, 2.05) is 36.4 Å². The van der Waals surface area contributed by atoms with Crippen LogP contribution < -0.4 is 5.56 Å². The minimum Gasteiger partial charge on any atom is -0.381 e. The molecule has 0 saturated heterocycles. The van der Waals surface area contributed by atoms with Crippen molar-refractivity contribution in [1.29, 1.82) is 0 Å². The molecule has 0 aliphatic rings. The number of nitrogens with zero attached hydrogens (tertiary/aromatic N) is 5. The van der Waals surface area contributed by atoms with Crippen LogP contribution in [0.4, 0.5) is 14.5 Å². The molecule has 1 atom stereocenters. The van der Waals surface area contributed by atoms with Crippen LogP contribution in [0.15, 0.2) is 59.5 Å². The van der Waals surface area contributed by atoms with Crippen molar-refractivity contribution in [2.45, 2.75) is 12.5 Å². The SMILES string of the molecule is [C-]#[N+]c1c(-c2c(-c3ccc4c(=O)[nH]nc(C(O)C(F)F)c4n3)cnn2C)ccc2ccccc12. The Bertz CT molecular complexity index is 1670. The van der Waals surface area contributed by atoms with Gasteiger partial charge in [-0.05, 0) is 22.9 Å². The first-order chi connectivity index (χ1) is 16.4. The molecule has 0 aliphatic carbocycles. The highest BCUT2D eigenvalue weighted by molar-refractivity contribution is 6.03. The minimum absolute atomic E-state index is 0.0199. The van der Waals surface area contributed by atoms with E-state index in [0.717, 1.165) is 10.8 Å². The fourth-order valence-corrected chi connectivity index (χ4v) is 4.05. The number of alkyl halides is 2. The third-order valence-electron chi connectivity index (χ3n) is 5.66. The van der Waals surface area contributed by atoms with Crippen LogP contribution >= 0.6 is 0 Å². The van der Waals surface area contributed by atoms with Gasteiger partial charge in [0.1, 0.15) is 11.2 Å². The van der Waals surface area contributed by atoms with E-state index in [2.05, 4.69) is 25.1 Å². The topological polar surface area (TPSA) is 101 Å². The number of aromatic nitrogens is 5. The van der Waals surface area contributed by atoms with Gasteiger partial charge in [-0.1, -0.05) is 36.4 Å². The summed E-state index contributed by atoms with van der Waals surface area (Å²) in [7, 11) is 1.72. The van der Waals surface area contributed by atoms with E-state index < -0.39 is 23.8 Å². The molecule has 0 bridgehead atoms. The van der Waals surface area contributed by atoms with Crippen LogP contribution in [-0.2, 0) is 7.05 Å². The molecule has 0 radical (unpaired) electrons.